The molecule has 2 unspecified atom stereocenters. The second-order valence-electron chi connectivity index (χ2n) is 15.5. The standard InChI is InChI=1S/C39H52Cl2N6/c1-39(11-7-28(25-39)8-17-46-35-5-3-29(40)23-31(35)33-26-43(2)15-9-37(33)46)12-18-45-16-10-38-34(27-45)32-24-30(41)4-6-36(32)47(38)22-21-44-19-13-42-14-20-44/h3-6,23-24,28,42H,7-22,25-27H2,1-2H3. The van der Waals surface area contributed by atoms with Crippen molar-refractivity contribution < 1.29 is 0 Å². The number of likely N-dealkylation sites (N-methyl/N-ethyl adjacent to an activating group) is 1. The Bertz CT molecular complexity index is 1750. The molecule has 252 valence electrons. The molecule has 4 aromatic rings. The molecule has 1 saturated heterocycles. The molecule has 2 fully saturated rings. The van der Waals surface area contributed by atoms with Gasteiger partial charge in [-0.1, -0.05) is 30.1 Å². The highest BCUT2D eigenvalue weighted by atomic mass is 35.5. The minimum Gasteiger partial charge on any atom is -0.344 e. The van der Waals surface area contributed by atoms with Crippen molar-refractivity contribution >= 4 is 45.0 Å². The number of rotatable bonds is 9. The van der Waals surface area contributed by atoms with Crippen LogP contribution in [0.5, 0.6) is 0 Å². The summed E-state index contributed by atoms with van der Waals surface area (Å²) in [5.74, 6) is 0.815. The van der Waals surface area contributed by atoms with Gasteiger partial charge >= 0.3 is 0 Å². The van der Waals surface area contributed by atoms with Crippen LogP contribution in [0, 0.1) is 11.3 Å². The van der Waals surface area contributed by atoms with E-state index in [1.807, 2.05) is 0 Å². The number of benzene rings is 2. The Hall–Kier alpha value is -2.06. The van der Waals surface area contributed by atoms with Crippen molar-refractivity contribution in [3.05, 3.63) is 69.0 Å². The SMILES string of the molecule is CN1CCc2c(c3cc(Cl)ccc3n2CCC2CCC(C)(CCN3CCc4c(c5cc(Cl)ccc5n4CCN4CCNCC4)C3)C2)C1. The van der Waals surface area contributed by atoms with Gasteiger partial charge in [0, 0.05) is 128 Å². The summed E-state index contributed by atoms with van der Waals surface area (Å²) in [6, 6.07) is 13.1. The van der Waals surface area contributed by atoms with E-state index in [0.29, 0.717) is 5.41 Å². The fraction of sp³-hybridized carbons (Fsp3) is 0.590. The third-order valence-corrected chi connectivity index (χ3v) is 12.8. The minimum absolute atomic E-state index is 0.444. The predicted molar refractivity (Wildman–Crippen MR) is 197 cm³/mol. The zero-order valence-corrected chi connectivity index (χ0v) is 30.0. The van der Waals surface area contributed by atoms with E-state index in [9.17, 15) is 0 Å². The van der Waals surface area contributed by atoms with E-state index in [0.717, 1.165) is 101 Å². The molecular weight excluding hydrogens is 623 g/mol. The van der Waals surface area contributed by atoms with E-state index in [4.69, 9.17) is 23.2 Å². The summed E-state index contributed by atoms with van der Waals surface area (Å²) in [7, 11) is 2.24. The van der Waals surface area contributed by atoms with Crippen LogP contribution in [0.3, 0.4) is 0 Å². The maximum absolute atomic E-state index is 6.57. The van der Waals surface area contributed by atoms with Crippen molar-refractivity contribution in [1.82, 2.24) is 29.2 Å². The molecule has 8 rings (SSSR count). The van der Waals surface area contributed by atoms with E-state index in [-0.39, 0.29) is 0 Å². The van der Waals surface area contributed by atoms with Crippen molar-refractivity contribution in [3.8, 4) is 0 Å². The van der Waals surface area contributed by atoms with E-state index < -0.39 is 0 Å². The quantitative estimate of drug-likeness (QED) is 0.200. The monoisotopic (exact) mass is 674 g/mol. The van der Waals surface area contributed by atoms with Crippen molar-refractivity contribution in [2.45, 2.75) is 78.0 Å². The normalized spacial score (nSPS) is 24.4. The predicted octanol–water partition coefficient (Wildman–Crippen LogP) is 7.44. The average molecular weight is 676 g/mol. The van der Waals surface area contributed by atoms with Crippen LogP contribution < -0.4 is 5.32 Å². The van der Waals surface area contributed by atoms with Crippen molar-refractivity contribution in [2.24, 2.45) is 11.3 Å². The molecule has 2 aromatic heterocycles. The summed E-state index contributed by atoms with van der Waals surface area (Å²) in [4.78, 5) is 7.79. The molecule has 2 atom stereocenters. The Kier molecular flexibility index (Phi) is 9.13. The van der Waals surface area contributed by atoms with Gasteiger partial charge in [-0.2, -0.15) is 0 Å². The number of aryl methyl sites for hydroxylation is 1. The van der Waals surface area contributed by atoms with Crippen LogP contribution in [-0.2, 0) is 39.0 Å². The fourth-order valence-electron chi connectivity index (χ4n) is 9.58. The highest BCUT2D eigenvalue weighted by Crippen LogP contribution is 2.46. The second-order valence-corrected chi connectivity index (χ2v) is 16.4. The Morgan fingerprint density at radius 1 is 0.766 bits per heavy atom. The molecule has 2 aromatic carbocycles. The molecule has 6 nitrogen and oxygen atoms in total. The number of nitrogens with zero attached hydrogens (tertiary/aromatic N) is 5. The van der Waals surface area contributed by atoms with E-state index in [1.165, 1.54) is 71.6 Å². The van der Waals surface area contributed by atoms with Gasteiger partial charge in [-0.05, 0) is 105 Å². The first-order valence-electron chi connectivity index (χ1n) is 18.3. The van der Waals surface area contributed by atoms with Gasteiger partial charge in [-0.25, -0.2) is 0 Å². The average Bonchev–Trinajstić information content (AvgIpc) is 3.71. The number of hydrogen-bond acceptors (Lipinski definition) is 4. The summed E-state index contributed by atoms with van der Waals surface area (Å²) < 4.78 is 5.28. The largest absolute Gasteiger partial charge is 0.344 e. The Labute approximate surface area is 290 Å². The Morgan fingerprint density at radius 3 is 2.15 bits per heavy atom. The highest BCUT2D eigenvalue weighted by molar-refractivity contribution is 6.31. The third kappa shape index (κ3) is 6.51. The van der Waals surface area contributed by atoms with Crippen LogP contribution in [0.2, 0.25) is 10.0 Å². The van der Waals surface area contributed by atoms with Gasteiger partial charge in [-0.15, -0.1) is 0 Å². The maximum Gasteiger partial charge on any atom is 0.0487 e. The van der Waals surface area contributed by atoms with Crippen LogP contribution in [0.4, 0.5) is 0 Å². The molecule has 1 aliphatic carbocycles. The molecule has 4 aliphatic rings. The number of halogens is 2. The third-order valence-electron chi connectivity index (χ3n) is 12.3. The molecule has 0 bridgehead atoms. The van der Waals surface area contributed by atoms with Crippen LogP contribution in [0.25, 0.3) is 21.8 Å². The van der Waals surface area contributed by atoms with Crippen molar-refractivity contribution in [1.29, 1.82) is 0 Å². The summed E-state index contributed by atoms with van der Waals surface area (Å²) in [6.45, 7) is 16.0. The second kappa shape index (κ2) is 13.3. The van der Waals surface area contributed by atoms with Crippen LogP contribution >= 0.6 is 23.2 Å². The van der Waals surface area contributed by atoms with Crippen molar-refractivity contribution in [3.63, 3.8) is 0 Å². The van der Waals surface area contributed by atoms with E-state index in [1.54, 1.807) is 11.4 Å². The number of fused-ring (bicyclic) bond motifs is 6. The molecule has 5 heterocycles. The van der Waals surface area contributed by atoms with Crippen LogP contribution in [0.15, 0.2) is 36.4 Å². The molecule has 8 heteroatoms. The van der Waals surface area contributed by atoms with Gasteiger partial charge in [-0.3, -0.25) is 9.80 Å². The summed E-state index contributed by atoms with van der Waals surface area (Å²) >= 11 is 13.0. The first-order chi connectivity index (χ1) is 22.8. The molecule has 0 radical (unpaired) electrons. The highest BCUT2D eigenvalue weighted by Gasteiger charge is 2.36. The fourth-order valence-corrected chi connectivity index (χ4v) is 9.92. The number of piperazine rings is 1. The zero-order valence-electron chi connectivity index (χ0n) is 28.5. The van der Waals surface area contributed by atoms with Crippen molar-refractivity contribution in [2.75, 3.05) is 59.4 Å². The Morgan fingerprint density at radius 2 is 1.43 bits per heavy atom. The number of hydrogen-bond donors (Lipinski definition) is 1. The van der Waals surface area contributed by atoms with Gasteiger partial charge in [0.15, 0.2) is 0 Å². The minimum atomic E-state index is 0.444. The van der Waals surface area contributed by atoms with Gasteiger partial charge < -0.3 is 19.4 Å². The smallest absolute Gasteiger partial charge is 0.0487 e. The first kappa shape index (κ1) is 32.2. The summed E-state index contributed by atoms with van der Waals surface area (Å²) in [5, 5.41) is 7.93. The number of nitrogens with one attached hydrogen (secondary N) is 1. The number of aromatic nitrogens is 2. The molecular formula is C39H52Cl2N6. The van der Waals surface area contributed by atoms with Crippen LogP contribution in [-0.4, -0.2) is 83.2 Å². The molecule has 1 saturated carbocycles. The van der Waals surface area contributed by atoms with Gasteiger partial charge in [0.05, 0.1) is 0 Å². The topological polar surface area (TPSA) is 31.6 Å². The lowest BCUT2D eigenvalue weighted by molar-refractivity contribution is 0.189. The molecule has 47 heavy (non-hydrogen) atoms. The Balaban J connectivity index is 0.906. The lowest BCUT2D eigenvalue weighted by atomic mass is 9.83. The van der Waals surface area contributed by atoms with E-state index >= 15 is 0 Å². The maximum atomic E-state index is 6.57. The van der Waals surface area contributed by atoms with Gasteiger partial charge in [0.1, 0.15) is 0 Å². The van der Waals surface area contributed by atoms with Crippen LogP contribution in [0.1, 0.15) is 61.5 Å². The molecule has 3 aliphatic heterocycles. The lowest BCUT2D eigenvalue weighted by Gasteiger charge is -2.33. The van der Waals surface area contributed by atoms with E-state index in [2.05, 4.69) is 79.5 Å². The van der Waals surface area contributed by atoms with Gasteiger partial charge in [0.25, 0.3) is 0 Å². The lowest BCUT2D eigenvalue weighted by Crippen LogP contribution is -2.44. The molecule has 1 N–H and O–H groups in total. The molecule has 0 amide bonds. The van der Waals surface area contributed by atoms with Gasteiger partial charge in [0.2, 0.25) is 0 Å². The zero-order chi connectivity index (χ0) is 32.1. The summed E-state index contributed by atoms with van der Waals surface area (Å²) in [5.41, 5.74) is 9.33. The first-order valence-corrected chi connectivity index (χ1v) is 19.0. The summed E-state index contributed by atoms with van der Waals surface area (Å²) in [6.07, 6.45) is 8.96. The molecule has 0 spiro atoms.